The fourth-order valence-corrected chi connectivity index (χ4v) is 3.47. The second kappa shape index (κ2) is 6.16. The summed E-state index contributed by atoms with van der Waals surface area (Å²) in [6.45, 7) is 13.6. The van der Waals surface area contributed by atoms with Gasteiger partial charge in [-0.1, -0.05) is 25.1 Å². The first kappa shape index (κ1) is 17.8. The molecule has 1 fully saturated rings. The molecule has 0 aromatic heterocycles. The van der Waals surface area contributed by atoms with Gasteiger partial charge < -0.3 is 15.4 Å². The van der Waals surface area contributed by atoms with Crippen LogP contribution in [-0.4, -0.2) is 30.2 Å². The van der Waals surface area contributed by atoms with Crippen molar-refractivity contribution in [3.05, 3.63) is 30.3 Å². The molecule has 2 unspecified atom stereocenters. The predicted octanol–water partition coefficient (Wildman–Crippen LogP) is 3.44. The Balaban J connectivity index is 2.16. The van der Waals surface area contributed by atoms with Crippen molar-refractivity contribution in [3.63, 3.8) is 0 Å². The Morgan fingerprint density at radius 1 is 1.26 bits per heavy atom. The fourth-order valence-electron chi connectivity index (χ4n) is 3.47. The standard InChI is InChI=1S/C19H30N2O2/c1-17(2,3)23-16(22)15-18(4,5)21-13-19(15,6)12-20-14-10-8-7-9-11-14/h7-11,15,20-21H,12-13H2,1-6H3. The highest BCUT2D eigenvalue weighted by Crippen LogP contribution is 2.42. The highest BCUT2D eigenvalue weighted by Gasteiger charge is 2.54. The van der Waals surface area contributed by atoms with Gasteiger partial charge >= 0.3 is 5.97 Å². The number of ether oxygens (including phenoxy) is 1. The van der Waals surface area contributed by atoms with Gasteiger partial charge in [0.15, 0.2) is 0 Å². The smallest absolute Gasteiger partial charge is 0.311 e. The lowest BCUT2D eigenvalue weighted by Gasteiger charge is -2.36. The minimum Gasteiger partial charge on any atom is -0.460 e. The number of carbonyl (C=O) groups excluding carboxylic acids is 1. The van der Waals surface area contributed by atoms with Gasteiger partial charge in [-0.3, -0.25) is 4.79 Å². The molecule has 0 bridgehead atoms. The Morgan fingerprint density at radius 3 is 2.43 bits per heavy atom. The summed E-state index contributed by atoms with van der Waals surface area (Å²) >= 11 is 0. The van der Waals surface area contributed by atoms with E-state index in [9.17, 15) is 4.79 Å². The van der Waals surface area contributed by atoms with Crippen molar-refractivity contribution < 1.29 is 9.53 Å². The van der Waals surface area contributed by atoms with Crippen molar-refractivity contribution in [2.24, 2.45) is 11.3 Å². The van der Waals surface area contributed by atoms with Crippen LogP contribution in [0.4, 0.5) is 5.69 Å². The largest absolute Gasteiger partial charge is 0.460 e. The number of nitrogens with one attached hydrogen (secondary N) is 2. The van der Waals surface area contributed by atoms with Gasteiger partial charge in [0.2, 0.25) is 0 Å². The molecule has 4 heteroatoms. The molecule has 4 nitrogen and oxygen atoms in total. The molecular weight excluding hydrogens is 288 g/mol. The number of para-hydroxylation sites is 1. The summed E-state index contributed by atoms with van der Waals surface area (Å²) in [7, 11) is 0. The zero-order valence-electron chi connectivity index (χ0n) is 15.2. The zero-order valence-corrected chi connectivity index (χ0v) is 15.2. The molecular formula is C19H30N2O2. The maximum absolute atomic E-state index is 12.8. The van der Waals surface area contributed by atoms with E-state index in [1.54, 1.807) is 0 Å². The van der Waals surface area contributed by atoms with Gasteiger partial charge in [0.25, 0.3) is 0 Å². The van der Waals surface area contributed by atoms with Crippen LogP contribution in [0, 0.1) is 11.3 Å². The number of hydrogen-bond donors (Lipinski definition) is 2. The van der Waals surface area contributed by atoms with E-state index in [1.807, 2.05) is 51.1 Å². The number of hydrogen-bond acceptors (Lipinski definition) is 4. The molecule has 0 saturated carbocycles. The number of anilines is 1. The molecule has 1 aromatic carbocycles. The Kier molecular flexibility index (Phi) is 4.76. The van der Waals surface area contributed by atoms with E-state index in [0.717, 1.165) is 18.8 Å². The molecule has 2 atom stereocenters. The molecule has 128 valence electrons. The molecule has 0 radical (unpaired) electrons. The molecule has 2 N–H and O–H groups in total. The molecule has 0 amide bonds. The Labute approximate surface area is 140 Å². The average molecular weight is 318 g/mol. The van der Waals surface area contributed by atoms with Gasteiger partial charge in [-0.05, 0) is 46.8 Å². The minimum absolute atomic E-state index is 0.120. The van der Waals surface area contributed by atoms with E-state index in [1.165, 1.54) is 0 Å². The summed E-state index contributed by atoms with van der Waals surface area (Å²) < 4.78 is 5.70. The molecule has 23 heavy (non-hydrogen) atoms. The van der Waals surface area contributed by atoms with Crippen LogP contribution in [0.25, 0.3) is 0 Å². The van der Waals surface area contributed by atoms with Crippen molar-refractivity contribution in [2.75, 3.05) is 18.4 Å². The van der Waals surface area contributed by atoms with Gasteiger partial charge in [0, 0.05) is 29.7 Å². The molecule has 2 rings (SSSR count). The van der Waals surface area contributed by atoms with Crippen LogP contribution in [0.5, 0.6) is 0 Å². The first-order valence-electron chi connectivity index (χ1n) is 8.30. The topological polar surface area (TPSA) is 50.4 Å². The summed E-state index contributed by atoms with van der Waals surface area (Å²) in [6.07, 6.45) is 0. The predicted molar refractivity (Wildman–Crippen MR) is 94.5 cm³/mol. The Bertz CT molecular complexity index is 548. The molecule has 1 heterocycles. The fraction of sp³-hybridized carbons (Fsp3) is 0.632. The first-order chi connectivity index (χ1) is 10.5. The zero-order chi connectivity index (χ0) is 17.3. The summed E-state index contributed by atoms with van der Waals surface area (Å²) in [5.74, 6) is -0.324. The lowest BCUT2D eigenvalue weighted by Crippen LogP contribution is -2.48. The summed E-state index contributed by atoms with van der Waals surface area (Å²) in [4.78, 5) is 12.8. The molecule has 0 aliphatic carbocycles. The van der Waals surface area contributed by atoms with Crippen LogP contribution in [0.15, 0.2) is 30.3 Å². The van der Waals surface area contributed by atoms with Crippen molar-refractivity contribution in [1.29, 1.82) is 0 Å². The number of rotatable bonds is 4. The molecule has 1 aliphatic heterocycles. The number of esters is 1. The van der Waals surface area contributed by atoms with E-state index in [-0.39, 0.29) is 22.8 Å². The van der Waals surface area contributed by atoms with Gasteiger partial charge in [-0.2, -0.15) is 0 Å². The normalized spacial score (nSPS) is 26.8. The summed E-state index contributed by atoms with van der Waals surface area (Å²) in [5, 5.41) is 6.96. The maximum atomic E-state index is 12.8. The van der Waals surface area contributed by atoms with Crippen molar-refractivity contribution in [3.8, 4) is 0 Å². The summed E-state index contributed by atoms with van der Waals surface area (Å²) in [6, 6.07) is 10.1. The van der Waals surface area contributed by atoms with Crippen molar-refractivity contribution in [1.82, 2.24) is 5.32 Å². The van der Waals surface area contributed by atoms with Crippen LogP contribution in [0.2, 0.25) is 0 Å². The third kappa shape index (κ3) is 4.25. The molecule has 0 spiro atoms. The lowest BCUT2D eigenvalue weighted by molar-refractivity contribution is -0.165. The van der Waals surface area contributed by atoms with Crippen molar-refractivity contribution >= 4 is 11.7 Å². The number of carbonyl (C=O) groups is 1. The van der Waals surface area contributed by atoms with Gasteiger partial charge in [0.1, 0.15) is 5.60 Å². The lowest BCUT2D eigenvalue weighted by atomic mass is 9.72. The quantitative estimate of drug-likeness (QED) is 0.835. The molecule has 1 saturated heterocycles. The SMILES string of the molecule is CC(C)(C)OC(=O)C1C(C)(CNc2ccccc2)CNC1(C)C. The number of benzene rings is 1. The van der Waals surface area contributed by atoms with Crippen molar-refractivity contribution in [2.45, 2.75) is 52.7 Å². The molecule has 1 aliphatic rings. The summed E-state index contributed by atoms with van der Waals surface area (Å²) in [5.41, 5.74) is 0.113. The van der Waals surface area contributed by atoms with Gasteiger partial charge in [-0.25, -0.2) is 0 Å². The van der Waals surface area contributed by atoms with Gasteiger partial charge in [-0.15, -0.1) is 0 Å². The van der Waals surface area contributed by atoms with Crippen LogP contribution in [-0.2, 0) is 9.53 Å². The second-order valence-corrected chi connectivity index (χ2v) is 8.42. The monoisotopic (exact) mass is 318 g/mol. The molecule has 1 aromatic rings. The maximum Gasteiger partial charge on any atom is 0.311 e. The Hall–Kier alpha value is -1.55. The van der Waals surface area contributed by atoms with Crippen LogP contribution < -0.4 is 10.6 Å². The van der Waals surface area contributed by atoms with E-state index in [4.69, 9.17) is 4.74 Å². The third-order valence-corrected chi connectivity index (χ3v) is 4.48. The van der Waals surface area contributed by atoms with Crippen LogP contribution in [0.3, 0.4) is 0 Å². The first-order valence-corrected chi connectivity index (χ1v) is 8.30. The average Bonchev–Trinajstić information content (AvgIpc) is 2.67. The van der Waals surface area contributed by atoms with E-state index in [0.29, 0.717) is 0 Å². The van der Waals surface area contributed by atoms with Crippen LogP contribution >= 0.6 is 0 Å². The highest BCUT2D eigenvalue weighted by atomic mass is 16.6. The highest BCUT2D eigenvalue weighted by molar-refractivity contribution is 5.76. The second-order valence-electron chi connectivity index (χ2n) is 8.42. The van der Waals surface area contributed by atoms with E-state index < -0.39 is 5.60 Å². The van der Waals surface area contributed by atoms with E-state index >= 15 is 0 Å². The van der Waals surface area contributed by atoms with Crippen LogP contribution in [0.1, 0.15) is 41.5 Å². The minimum atomic E-state index is -0.469. The Morgan fingerprint density at radius 2 is 1.87 bits per heavy atom. The third-order valence-electron chi connectivity index (χ3n) is 4.48. The van der Waals surface area contributed by atoms with E-state index in [2.05, 4.69) is 31.4 Å². The van der Waals surface area contributed by atoms with Gasteiger partial charge in [0.05, 0.1) is 5.92 Å².